The van der Waals surface area contributed by atoms with Gasteiger partial charge in [0.15, 0.2) is 0 Å². The number of ether oxygens (including phenoxy) is 1. The van der Waals surface area contributed by atoms with Crippen LogP contribution in [0.3, 0.4) is 0 Å². The molecule has 0 aromatic carbocycles. The van der Waals surface area contributed by atoms with Gasteiger partial charge in [-0.05, 0) is 45.2 Å². The number of likely N-dealkylation sites (N-methyl/N-ethyl adjacent to an activating group) is 1. The molecule has 1 rings (SSSR count). The van der Waals surface area contributed by atoms with E-state index >= 15 is 0 Å². The van der Waals surface area contributed by atoms with Gasteiger partial charge in [0.1, 0.15) is 0 Å². The minimum Gasteiger partial charge on any atom is -0.382 e. The molecule has 21 heavy (non-hydrogen) atoms. The predicted molar refractivity (Wildman–Crippen MR) is 88.7 cm³/mol. The third-order valence-corrected chi connectivity index (χ3v) is 4.25. The summed E-state index contributed by atoms with van der Waals surface area (Å²) in [4.78, 5) is 0. The molecule has 122 valence electrons. The minimum atomic E-state index is 0.327. The van der Waals surface area contributed by atoms with Crippen LogP contribution in [-0.2, 0) is 11.2 Å². The van der Waals surface area contributed by atoms with Crippen LogP contribution in [0.4, 0.5) is 0 Å². The van der Waals surface area contributed by atoms with Crippen LogP contribution in [0.1, 0.15) is 65.1 Å². The summed E-state index contributed by atoms with van der Waals surface area (Å²) in [5.74, 6) is 0. The molecule has 1 aromatic rings. The summed E-state index contributed by atoms with van der Waals surface area (Å²) in [5, 5.41) is 8.34. The Morgan fingerprint density at radius 3 is 2.52 bits per heavy atom. The van der Waals surface area contributed by atoms with E-state index < -0.39 is 0 Å². The van der Waals surface area contributed by atoms with Crippen molar-refractivity contribution in [2.75, 3.05) is 13.7 Å². The van der Waals surface area contributed by atoms with Gasteiger partial charge in [-0.3, -0.25) is 4.68 Å². The lowest BCUT2D eigenvalue weighted by Gasteiger charge is -2.19. The second-order valence-corrected chi connectivity index (χ2v) is 5.84. The summed E-state index contributed by atoms with van der Waals surface area (Å²) in [6.45, 7) is 9.74. The largest absolute Gasteiger partial charge is 0.382 e. The van der Waals surface area contributed by atoms with E-state index in [4.69, 9.17) is 9.84 Å². The lowest BCUT2D eigenvalue weighted by molar-refractivity contribution is 0.106. The van der Waals surface area contributed by atoms with E-state index in [-0.39, 0.29) is 0 Å². The predicted octanol–water partition coefficient (Wildman–Crippen LogP) is 3.58. The lowest BCUT2D eigenvalue weighted by atomic mass is 10.0. The molecule has 2 atom stereocenters. The maximum Gasteiger partial charge on any atom is 0.0640 e. The van der Waals surface area contributed by atoms with Gasteiger partial charge in [-0.1, -0.05) is 20.8 Å². The highest BCUT2D eigenvalue weighted by Gasteiger charge is 2.14. The molecule has 0 radical (unpaired) electrons. The van der Waals surface area contributed by atoms with Crippen LogP contribution in [0, 0.1) is 0 Å². The van der Waals surface area contributed by atoms with Gasteiger partial charge in [-0.2, -0.15) is 5.10 Å². The molecule has 1 aromatic heterocycles. The van der Waals surface area contributed by atoms with Gasteiger partial charge in [0.2, 0.25) is 0 Å². The van der Waals surface area contributed by atoms with E-state index in [1.54, 1.807) is 7.11 Å². The van der Waals surface area contributed by atoms with Gasteiger partial charge < -0.3 is 10.1 Å². The standard InChI is InChI=1S/C17H33N3O/c1-6-17(7-2)20-12-11-16(19-20)13-15(18-8-3)10-9-14(4)21-5/h11-12,14-15,17-18H,6-10,13H2,1-5H3. The second kappa shape index (κ2) is 9.96. The number of hydrogen-bond donors (Lipinski definition) is 1. The molecule has 0 bridgehead atoms. The zero-order valence-corrected chi connectivity index (χ0v) is 14.4. The fourth-order valence-corrected chi connectivity index (χ4v) is 2.72. The third-order valence-electron chi connectivity index (χ3n) is 4.25. The van der Waals surface area contributed by atoms with Gasteiger partial charge in [0, 0.05) is 25.8 Å². The number of aromatic nitrogens is 2. The van der Waals surface area contributed by atoms with E-state index in [9.17, 15) is 0 Å². The fraction of sp³-hybridized carbons (Fsp3) is 0.824. The summed E-state index contributed by atoms with van der Waals surface area (Å²) in [6.07, 6.45) is 7.94. The molecule has 0 spiro atoms. The van der Waals surface area contributed by atoms with Gasteiger partial charge in [-0.25, -0.2) is 0 Å². The fourth-order valence-electron chi connectivity index (χ4n) is 2.72. The minimum absolute atomic E-state index is 0.327. The smallest absolute Gasteiger partial charge is 0.0640 e. The maximum absolute atomic E-state index is 5.35. The Morgan fingerprint density at radius 2 is 1.95 bits per heavy atom. The third kappa shape index (κ3) is 6.18. The Bertz CT molecular complexity index is 374. The van der Waals surface area contributed by atoms with Crippen LogP contribution in [0.15, 0.2) is 12.3 Å². The molecule has 4 nitrogen and oxygen atoms in total. The van der Waals surface area contributed by atoms with Crippen molar-refractivity contribution in [1.29, 1.82) is 0 Å². The van der Waals surface area contributed by atoms with E-state index in [0.29, 0.717) is 18.2 Å². The number of nitrogens with one attached hydrogen (secondary N) is 1. The van der Waals surface area contributed by atoms with Crippen molar-refractivity contribution >= 4 is 0 Å². The van der Waals surface area contributed by atoms with E-state index in [1.807, 2.05) is 0 Å². The first kappa shape index (κ1) is 18.2. The van der Waals surface area contributed by atoms with Crippen molar-refractivity contribution in [3.8, 4) is 0 Å². The first-order valence-corrected chi connectivity index (χ1v) is 8.44. The summed E-state index contributed by atoms with van der Waals surface area (Å²) in [6, 6.07) is 3.19. The first-order valence-electron chi connectivity index (χ1n) is 8.44. The highest BCUT2D eigenvalue weighted by molar-refractivity contribution is 5.02. The average Bonchev–Trinajstić information content (AvgIpc) is 2.94. The van der Waals surface area contributed by atoms with Gasteiger partial charge in [0.25, 0.3) is 0 Å². The molecule has 0 fully saturated rings. The van der Waals surface area contributed by atoms with Crippen LogP contribution in [0.25, 0.3) is 0 Å². The van der Waals surface area contributed by atoms with Gasteiger partial charge >= 0.3 is 0 Å². The zero-order chi connectivity index (χ0) is 15.7. The van der Waals surface area contributed by atoms with Gasteiger partial charge in [0.05, 0.1) is 17.8 Å². The monoisotopic (exact) mass is 295 g/mol. The van der Waals surface area contributed by atoms with Crippen molar-refractivity contribution in [3.05, 3.63) is 18.0 Å². The quantitative estimate of drug-likeness (QED) is 0.678. The first-order chi connectivity index (χ1) is 10.1. The molecule has 0 amide bonds. The molecule has 1 heterocycles. The summed E-state index contributed by atoms with van der Waals surface area (Å²) >= 11 is 0. The number of rotatable bonds is 11. The number of methoxy groups -OCH3 is 1. The van der Waals surface area contributed by atoms with E-state index in [1.165, 1.54) is 5.69 Å². The highest BCUT2D eigenvalue weighted by atomic mass is 16.5. The molecule has 0 saturated heterocycles. The topological polar surface area (TPSA) is 39.1 Å². The molecule has 0 saturated carbocycles. The number of nitrogens with zero attached hydrogens (tertiary/aromatic N) is 2. The summed E-state index contributed by atoms with van der Waals surface area (Å²) in [5.41, 5.74) is 1.19. The Morgan fingerprint density at radius 1 is 1.24 bits per heavy atom. The van der Waals surface area contributed by atoms with Gasteiger partial charge in [-0.15, -0.1) is 0 Å². The van der Waals surface area contributed by atoms with Crippen LogP contribution < -0.4 is 5.32 Å². The Kier molecular flexibility index (Phi) is 8.62. The van der Waals surface area contributed by atoms with Crippen LogP contribution in [0.2, 0.25) is 0 Å². The molecule has 0 aliphatic carbocycles. The molecular weight excluding hydrogens is 262 g/mol. The zero-order valence-electron chi connectivity index (χ0n) is 14.4. The van der Waals surface area contributed by atoms with Crippen molar-refractivity contribution < 1.29 is 4.74 Å². The lowest BCUT2D eigenvalue weighted by Crippen LogP contribution is -2.32. The average molecular weight is 295 g/mol. The molecule has 0 aliphatic heterocycles. The van der Waals surface area contributed by atoms with E-state index in [2.05, 4.69) is 50.0 Å². The van der Waals surface area contributed by atoms with Crippen molar-refractivity contribution in [1.82, 2.24) is 15.1 Å². The maximum atomic E-state index is 5.35. The summed E-state index contributed by atoms with van der Waals surface area (Å²) < 4.78 is 7.48. The summed E-state index contributed by atoms with van der Waals surface area (Å²) in [7, 11) is 1.78. The van der Waals surface area contributed by atoms with Crippen LogP contribution in [-0.4, -0.2) is 35.6 Å². The van der Waals surface area contributed by atoms with Crippen LogP contribution >= 0.6 is 0 Å². The highest BCUT2D eigenvalue weighted by Crippen LogP contribution is 2.16. The Balaban J connectivity index is 2.58. The van der Waals surface area contributed by atoms with Crippen LogP contribution in [0.5, 0.6) is 0 Å². The van der Waals surface area contributed by atoms with Crippen molar-refractivity contribution in [3.63, 3.8) is 0 Å². The van der Waals surface area contributed by atoms with Crippen molar-refractivity contribution in [2.24, 2.45) is 0 Å². The Labute approximate surface area is 130 Å². The van der Waals surface area contributed by atoms with E-state index in [0.717, 1.165) is 38.6 Å². The Hall–Kier alpha value is -0.870. The number of hydrogen-bond acceptors (Lipinski definition) is 3. The SMILES string of the molecule is CCNC(CCC(C)OC)Cc1ccn(C(CC)CC)n1. The molecule has 4 heteroatoms. The molecule has 2 unspecified atom stereocenters. The molecule has 1 N–H and O–H groups in total. The normalized spacial score (nSPS) is 14.6. The molecular formula is C17H33N3O. The van der Waals surface area contributed by atoms with Crippen molar-refractivity contribution in [2.45, 2.75) is 78.0 Å². The molecule has 0 aliphatic rings. The second-order valence-electron chi connectivity index (χ2n) is 5.84.